The summed E-state index contributed by atoms with van der Waals surface area (Å²) in [5.74, 6) is -0.118. The molecule has 0 spiro atoms. The number of aliphatic hydroxyl groups is 1. The van der Waals surface area contributed by atoms with Crippen LogP contribution in [0.15, 0.2) is 54.6 Å². The Hall–Kier alpha value is -2.92. The van der Waals surface area contributed by atoms with Crippen LogP contribution in [-0.2, 0) is 4.79 Å². The zero-order valence-electron chi connectivity index (χ0n) is 15.8. The smallest absolute Gasteiger partial charge is 0.224 e. The summed E-state index contributed by atoms with van der Waals surface area (Å²) in [7, 11) is 1.92. The van der Waals surface area contributed by atoms with E-state index in [1.54, 1.807) is 30.3 Å². The molecule has 2 aromatic rings. The number of carbonyl (C=O) groups is 2. The molecule has 5 nitrogen and oxygen atoms in total. The lowest BCUT2D eigenvalue weighted by Crippen LogP contribution is -2.20. The van der Waals surface area contributed by atoms with E-state index in [1.165, 1.54) is 6.08 Å². The van der Waals surface area contributed by atoms with Crippen LogP contribution in [0.4, 0.5) is 11.4 Å². The molecule has 0 aliphatic carbocycles. The van der Waals surface area contributed by atoms with Crippen molar-refractivity contribution in [2.45, 2.75) is 19.8 Å². The van der Waals surface area contributed by atoms with Gasteiger partial charge >= 0.3 is 0 Å². The maximum Gasteiger partial charge on any atom is 0.224 e. The third-order valence-corrected chi connectivity index (χ3v) is 4.13. The maximum absolute atomic E-state index is 12.3. The number of nitrogens with zero attached hydrogens (tertiary/aromatic N) is 1. The van der Waals surface area contributed by atoms with E-state index in [0.29, 0.717) is 24.2 Å². The summed E-state index contributed by atoms with van der Waals surface area (Å²) in [6, 6.07) is 14.7. The van der Waals surface area contributed by atoms with Gasteiger partial charge in [0.1, 0.15) is 0 Å². The van der Waals surface area contributed by atoms with Gasteiger partial charge in [0.15, 0.2) is 5.78 Å². The van der Waals surface area contributed by atoms with Crippen molar-refractivity contribution in [2.24, 2.45) is 0 Å². The molecule has 5 heteroatoms. The molecular formula is C22H26N2O3. The molecule has 0 bridgehead atoms. The number of hydrogen-bond donors (Lipinski definition) is 2. The van der Waals surface area contributed by atoms with Crippen molar-refractivity contribution in [3.8, 4) is 0 Å². The van der Waals surface area contributed by atoms with Crippen LogP contribution >= 0.6 is 0 Å². The summed E-state index contributed by atoms with van der Waals surface area (Å²) >= 11 is 0. The highest BCUT2D eigenvalue weighted by molar-refractivity contribution is 6.07. The molecule has 0 saturated heterocycles. The normalized spacial score (nSPS) is 10.8. The van der Waals surface area contributed by atoms with Gasteiger partial charge < -0.3 is 15.3 Å². The van der Waals surface area contributed by atoms with Gasteiger partial charge in [-0.15, -0.1) is 0 Å². The third kappa shape index (κ3) is 6.38. The molecular weight excluding hydrogens is 340 g/mol. The van der Waals surface area contributed by atoms with Gasteiger partial charge in [0.05, 0.1) is 6.61 Å². The number of aliphatic hydroxyl groups excluding tert-OH is 1. The van der Waals surface area contributed by atoms with Gasteiger partial charge in [-0.25, -0.2) is 0 Å². The fourth-order valence-electron chi connectivity index (χ4n) is 2.56. The van der Waals surface area contributed by atoms with Crippen LogP contribution in [0, 0.1) is 0 Å². The van der Waals surface area contributed by atoms with Crippen LogP contribution in [0.25, 0.3) is 6.08 Å². The minimum absolute atomic E-state index is 0.0236. The molecule has 0 aliphatic rings. The van der Waals surface area contributed by atoms with E-state index in [1.807, 2.05) is 43.1 Å². The van der Waals surface area contributed by atoms with Crippen LogP contribution in [0.1, 0.15) is 35.7 Å². The topological polar surface area (TPSA) is 69.6 Å². The molecule has 2 N–H and O–H groups in total. The van der Waals surface area contributed by atoms with Crippen molar-refractivity contribution in [1.82, 2.24) is 0 Å². The van der Waals surface area contributed by atoms with Crippen LogP contribution in [0.2, 0.25) is 0 Å². The number of carbonyl (C=O) groups excluding carboxylic acids is 2. The van der Waals surface area contributed by atoms with Crippen LogP contribution in [0.5, 0.6) is 0 Å². The number of benzene rings is 2. The summed E-state index contributed by atoms with van der Waals surface area (Å²) < 4.78 is 0. The molecule has 0 fully saturated rings. The van der Waals surface area contributed by atoms with Gasteiger partial charge in [-0.2, -0.15) is 0 Å². The standard InChI is InChI=1S/C22H26N2O3/c1-3-4-22(27)23-19-10-8-18(9-11-19)21(26)14-7-17-5-12-20(13-6-17)24(2)15-16-25/h5-14,25H,3-4,15-16H2,1-2H3,(H,23,27)/b14-7+. The fourth-order valence-corrected chi connectivity index (χ4v) is 2.56. The lowest BCUT2D eigenvalue weighted by atomic mass is 10.1. The van der Waals surface area contributed by atoms with Crippen LogP contribution in [0.3, 0.4) is 0 Å². The molecule has 27 heavy (non-hydrogen) atoms. The number of allylic oxidation sites excluding steroid dienone is 1. The van der Waals surface area contributed by atoms with E-state index in [-0.39, 0.29) is 18.3 Å². The monoisotopic (exact) mass is 366 g/mol. The molecule has 0 saturated carbocycles. The van der Waals surface area contributed by atoms with E-state index in [2.05, 4.69) is 5.32 Å². The number of rotatable bonds is 9. The zero-order chi connectivity index (χ0) is 19.6. The lowest BCUT2D eigenvalue weighted by molar-refractivity contribution is -0.116. The minimum atomic E-state index is -0.0945. The Morgan fingerprint density at radius 2 is 1.74 bits per heavy atom. The summed E-state index contributed by atoms with van der Waals surface area (Å²) in [6.45, 7) is 2.63. The Morgan fingerprint density at radius 3 is 2.33 bits per heavy atom. The molecule has 2 aromatic carbocycles. The van der Waals surface area contributed by atoms with E-state index in [0.717, 1.165) is 17.7 Å². The van der Waals surface area contributed by atoms with Crippen LogP contribution in [-0.4, -0.2) is 37.0 Å². The van der Waals surface area contributed by atoms with E-state index in [9.17, 15) is 9.59 Å². The van der Waals surface area contributed by atoms with Crippen molar-refractivity contribution in [3.05, 3.63) is 65.7 Å². The third-order valence-electron chi connectivity index (χ3n) is 4.13. The second-order valence-corrected chi connectivity index (χ2v) is 6.31. The number of amides is 1. The number of ketones is 1. The summed E-state index contributed by atoms with van der Waals surface area (Å²) in [6.07, 6.45) is 4.59. The first kappa shape index (κ1) is 20.4. The first-order chi connectivity index (χ1) is 13.0. The SMILES string of the molecule is CCCC(=O)Nc1ccc(C(=O)/C=C/c2ccc(N(C)CCO)cc2)cc1. The van der Waals surface area contributed by atoms with Crippen molar-refractivity contribution in [2.75, 3.05) is 30.4 Å². The number of nitrogens with one attached hydrogen (secondary N) is 1. The molecule has 0 unspecified atom stereocenters. The predicted molar refractivity (Wildman–Crippen MR) is 110 cm³/mol. The summed E-state index contributed by atoms with van der Waals surface area (Å²) in [4.78, 5) is 25.9. The first-order valence-electron chi connectivity index (χ1n) is 9.08. The Labute approximate surface area is 160 Å². The van der Waals surface area contributed by atoms with Crippen molar-refractivity contribution >= 4 is 29.1 Å². The average molecular weight is 366 g/mol. The first-order valence-corrected chi connectivity index (χ1v) is 9.08. The van der Waals surface area contributed by atoms with Gasteiger partial charge in [0.2, 0.25) is 5.91 Å². The van der Waals surface area contributed by atoms with E-state index in [4.69, 9.17) is 5.11 Å². The number of anilines is 2. The quantitative estimate of drug-likeness (QED) is 0.524. The van der Waals surface area contributed by atoms with Gasteiger partial charge in [-0.05, 0) is 54.5 Å². The van der Waals surface area contributed by atoms with E-state index < -0.39 is 0 Å². The van der Waals surface area contributed by atoms with Crippen molar-refractivity contribution in [1.29, 1.82) is 0 Å². The van der Waals surface area contributed by atoms with Crippen molar-refractivity contribution < 1.29 is 14.7 Å². The highest BCUT2D eigenvalue weighted by atomic mass is 16.3. The van der Waals surface area contributed by atoms with Gasteiger partial charge in [-0.3, -0.25) is 9.59 Å². The van der Waals surface area contributed by atoms with Gasteiger partial charge in [0.25, 0.3) is 0 Å². The summed E-state index contributed by atoms with van der Waals surface area (Å²) in [5, 5.41) is 11.8. The molecule has 0 radical (unpaired) electrons. The molecule has 0 heterocycles. The number of hydrogen-bond acceptors (Lipinski definition) is 4. The van der Waals surface area contributed by atoms with Gasteiger partial charge in [0, 0.05) is 37.0 Å². The molecule has 2 rings (SSSR count). The molecule has 142 valence electrons. The van der Waals surface area contributed by atoms with Crippen LogP contribution < -0.4 is 10.2 Å². The zero-order valence-corrected chi connectivity index (χ0v) is 15.8. The summed E-state index contributed by atoms with van der Waals surface area (Å²) in [5.41, 5.74) is 3.19. The molecule has 0 aromatic heterocycles. The molecule has 1 amide bonds. The van der Waals surface area contributed by atoms with E-state index >= 15 is 0 Å². The minimum Gasteiger partial charge on any atom is -0.395 e. The second kappa shape index (κ2) is 10.3. The Balaban J connectivity index is 1.96. The Morgan fingerprint density at radius 1 is 1.07 bits per heavy atom. The maximum atomic E-state index is 12.3. The van der Waals surface area contributed by atoms with Gasteiger partial charge in [-0.1, -0.05) is 25.1 Å². The fraction of sp³-hybridized carbons (Fsp3) is 0.273. The largest absolute Gasteiger partial charge is 0.395 e. The lowest BCUT2D eigenvalue weighted by Gasteiger charge is -2.17. The highest BCUT2D eigenvalue weighted by Gasteiger charge is 2.04. The average Bonchev–Trinajstić information content (AvgIpc) is 2.67. The van der Waals surface area contributed by atoms with Crippen molar-refractivity contribution in [3.63, 3.8) is 0 Å². The predicted octanol–water partition coefficient (Wildman–Crippen LogP) is 3.75. The molecule has 0 atom stereocenters. The Kier molecular flexibility index (Phi) is 7.77. The number of likely N-dealkylation sites (N-methyl/N-ethyl adjacent to an activating group) is 1. The Bertz CT molecular complexity index is 780. The highest BCUT2D eigenvalue weighted by Crippen LogP contribution is 2.15. The second-order valence-electron chi connectivity index (χ2n) is 6.31. The molecule has 0 aliphatic heterocycles.